The van der Waals surface area contributed by atoms with E-state index in [1.807, 2.05) is 50.2 Å². The molecule has 3 nitrogen and oxygen atoms in total. The first-order valence-corrected chi connectivity index (χ1v) is 7.11. The molecule has 0 aliphatic heterocycles. The molecule has 1 N–H and O–H groups in total. The number of nitrogens with one attached hydrogen (secondary N) is 1. The molecular formula is C17H18ClNO2. The molecular weight excluding hydrogens is 286 g/mol. The van der Waals surface area contributed by atoms with Crippen molar-refractivity contribution in [3.05, 3.63) is 64.2 Å². The number of carbonyl (C=O) groups excluding carboxylic acids is 1. The second kappa shape index (κ2) is 6.64. The van der Waals surface area contributed by atoms with Crippen LogP contribution >= 0.6 is 11.6 Å². The number of esters is 1. The maximum atomic E-state index is 11.7. The van der Waals surface area contributed by atoms with Crippen LogP contribution in [0.25, 0.3) is 0 Å². The van der Waals surface area contributed by atoms with Gasteiger partial charge in [0.15, 0.2) is 0 Å². The second-order valence-electron chi connectivity index (χ2n) is 4.86. The number of carbonyl (C=O) groups is 1. The highest BCUT2D eigenvalue weighted by Gasteiger charge is 2.14. The molecule has 0 aromatic heterocycles. The molecule has 2 rings (SSSR count). The molecule has 0 spiro atoms. The summed E-state index contributed by atoms with van der Waals surface area (Å²) in [4.78, 5) is 11.7. The lowest BCUT2D eigenvalue weighted by Crippen LogP contribution is -2.11. The van der Waals surface area contributed by atoms with Gasteiger partial charge in [-0.25, -0.2) is 4.79 Å². The molecule has 4 heteroatoms. The first-order chi connectivity index (χ1) is 10.0. The van der Waals surface area contributed by atoms with Crippen molar-refractivity contribution in [3.8, 4) is 0 Å². The topological polar surface area (TPSA) is 38.3 Å². The van der Waals surface area contributed by atoms with Gasteiger partial charge in [0.2, 0.25) is 0 Å². The summed E-state index contributed by atoms with van der Waals surface area (Å²) in [5.41, 5.74) is 3.34. The number of halogens is 1. The molecule has 21 heavy (non-hydrogen) atoms. The van der Waals surface area contributed by atoms with Crippen molar-refractivity contribution in [2.45, 2.75) is 19.9 Å². The zero-order chi connectivity index (χ0) is 15.4. The smallest absolute Gasteiger partial charge is 0.338 e. The zero-order valence-corrected chi connectivity index (χ0v) is 13.1. The molecule has 0 aliphatic carbocycles. The molecule has 0 amide bonds. The van der Waals surface area contributed by atoms with Crippen molar-refractivity contribution in [2.75, 3.05) is 12.4 Å². The Bertz CT molecular complexity index is 655. The Kier molecular flexibility index (Phi) is 4.86. The van der Waals surface area contributed by atoms with Gasteiger partial charge in [-0.3, -0.25) is 0 Å². The van der Waals surface area contributed by atoms with Gasteiger partial charge in [0.1, 0.15) is 0 Å². The Morgan fingerprint density at radius 1 is 1.19 bits per heavy atom. The Balaban J connectivity index is 2.28. The fourth-order valence-corrected chi connectivity index (χ4v) is 2.56. The van der Waals surface area contributed by atoms with Crippen molar-refractivity contribution in [1.82, 2.24) is 0 Å². The monoisotopic (exact) mass is 303 g/mol. The third kappa shape index (κ3) is 3.37. The van der Waals surface area contributed by atoms with Gasteiger partial charge >= 0.3 is 5.97 Å². The van der Waals surface area contributed by atoms with E-state index in [9.17, 15) is 4.79 Å². The van der Waals surface area contributed by atoms with Gasteiger partial charge in [0.25, 0.3) is 0 Å². The van der Waals surface area contributed by atoms with Crippen LogP contribution in [0.2, 0.25) is 5.02 Å². The Hall–Kier alpha value is -2.00. The molecule has 0 aliphatic rings. The van der Waals surface area contributed by atoms with E-state index < -0.39 is 0 Å². The molecule has 2 aromatic rings. The summed E-state index contributed by atoms with van der Waals surface area (Å²) in [6.45, 7) is 3.93. The van der Waals surface area contributed by atoms with Crippen molar-refractivity contribution in [1.29, 1.82) is 0 Å². The van der Waals surface area contributed by atoms with Gasteiger partial charge in [-0.15, -0.1) is 0 Å². The molecule has 0 bridgehead atoms. The van der Waals surface area contributed by atoms with E-state index in [1.165, 1.54) is 7.11 Å². The van der Waals surface area contributed by atoms with E-state index in [-0.39, 0.29) is 12.0 Å². The normalized spacial score (nSPS) is 11.8. The quantitative estimate of drug-likeness (QED) is 0.838. The average molecular weight is 304 g/mol. The largest absolute Gasteiger partial charge is 0.465 e. The minimum Gasteiger partial charge on any atom is -0.465 e. The fourth-order valence-electron chi connectivity index (χ4n) is 2.26. The van der Waals surface area contributed by atoms with Gasteiger partial charge in [-0.05, 0) is 43.2 Å². The van der Waals surface area contributed by atoms with E-state index in [4.69, 9.17) is 16.3 Å². The third-order valence-corrected chi connectivity index (χ3v) is 3.83. The Labute approximate surface area is 129 Å². The molecule has 0 saturated carbocycles. The summed E-state index contributed by atoms with van der Waals surface area (Å²) in [5, 5.41) is 4.12. The van der Waals surface area contributed by atoms with Crippen LogP contribution in [0.1, 0.15) is 34.5 Å². The molecule has 1 atom stereocenters. The number of benzene rings is 2. The number of ether oxygens (including phenoxy) is 1. The van der Waals surface area contributed by atoms with Crippen LogP contribution in [0.4, 0.5) is 5.69 Å². The highest BCUT2D eigenvalue weighted by molar-refractivity contribution is 6.31. The van der Waals surface area contributed by atoms with Gasteiger partial charge < -0.3 is 10.1 Å². The fraction of sp³-hybridized carbons (Fsp3) is 0.235. The van der Waals surface area contributed by atoms with Crippen LogP contribution in [-0.2, 0) is 4.74 Å². The molecule has 110 valence electrons. The Morgan fingerprint density at radius 3 is 2.57 bits per heavy atom. The molecule has 1 unspecified atom stereocenters. The van der Waals surface area contributed by atoms with Gasteiger partial charge in [-0.2, -0.15) is 0 Å². The number of methoxy groups -OCH3 is 1. The summed E-state index contributed by atoms with van der Waals surface area (Å²) < 4.78 is 4.79. The lowest BCUT2D eigenvalue weighted by Gasteiger charge is -2.19. The number of rotatable bonds is 4. The number of hydrogen-bond acceptors (Lipinski definition) is 3. The van der Waals surface area contributed by atoms with Crippen LogP contribution in [0.3, 0.4) is 0 Å². The molecule has 0 fully saturated rings. The lowest BCUT2D eigenvalue weighted by molar-refractivity contribution is 0.0600. The first-order valence-electron chi connectivity index (χ1n) is 6.73. The Morgan fingerprint density at radius 2 is 1.90 bits per heavy atom. The number of hydrogen-bond donors (Lipinski definition) is 1. The van der Waals surface area contributed by atoms with E-state index in [2.05, 4.69) is 5.32 Å². The maximum absolute atomic E-state index is 11.7. The van der Waals surface area contributed by atoms with Crippen LogP contribution in [-0.4, -0.2) is 13.1 Å². The minimum absolute atomic E-state index is 0.0327. The summed E-state index contributed by atoms with van der Waals surface area (Å²) in [7, 11) is 1.38. The number of anilines is 1. The van der Waals surface area contributed by atoms with Crippen molar-refractivity contribution >= 4 is 23.3 Å². The summed E-state index contributed by atoms with van der Waals surface area (Å²) in [6, 6.07) is 13.3. The van der Waals surface area contributed by atoms with Gasteiger partial charge in [-0.1, -0.05) is 35.9 Å². The van der Waals surface area contributed by atoms with Crippen LogP contribution < -0.4 is 5.32 Å². The van der Waals surface area contributed by atoms with E-state index in [0.29, 0.717) is 5.56 Å². The molecule has 0 radical (unpaired) electrons. The van der Waals surface area contributed by atoms with E-state index in [1.54, 1.807) is 6.07 Å². The molecule has 0 heterocycles. The summed E-state index contributed by atoms with van der Waals surface area (Å²) >= 11 is 6.22. The second-order valence-corrected chi connectivity index (χ2v) is 5.26. The summed E-state index contributed by atoms with van der Waals surface area (Å²) in [5.74, 6) is -0.332. The first kappa shape index (κ1) is 15.4. The summed E-state index contributed by atoms with van der Waals surface area (Å²) in [6.07, 6.45) is 0. The molecule has 2 aromatic carbocycles. The molecule has 0 saturated heterocycles. The predicted molar refractivity (Wildman–Crippen MR) is 86.0 cm³/mol. The highest BCUT2D eigenvalue weighted by Crippen LogP contribution is 2.28. The van der Waals surface area contributed by atoms with E-state index >= 15 is 0 Å². The van der Waals surface area contributed by atoms with Crippen molar-refractivity contribution in [3.63, 3.8) is 0 Å². The SMILES string of the molecule is COC(=O)c1cccc(NC(C)c2ccccc2Cl)c1C. The van der Waals surface area contributed by atoms with Gasteiger partial charge in [0, 0.05) is 16.8 Å². The van der Waals surface area contributed by atoms with Crippen molar-refractivity contribution < 1.29 is 9.53 Å². The van der Waals surface area contributed by atoms with Gasteiger partial charge in [0.05, 0.1) is 12.7 Å². The highest BCUT2D eigenvalue weighted by atomic mass is 35.5. The lowest BCUT2D eigenvalue weighted by atomic mass is 10.0. The van der Waals surface area contributed by atoms with Crippen molar-refractivity contribution in [2.24, 2.45) is 0 Å². The minimum atomic E-state index is -0.332. The predicted octanol–water partition coefficient (Wildman–Crippen LogP) is 4.61. The van der Waals surface area contributed by atoms with Crippen LogP contribution in [0.5, 0.6) is 0 Å². The van der Waals surface area contributed by atoms with Crippen LogP contribution in [0.15, 0.2) is 42.5 Å². The third-order valence-electron chi connectivity index (χ3n) is 3.48. The standard InChI is InChI=1S/C17H18ClNO2/c1-11-13(17(20)21-3)8-6-10-16(11)19-12(2)14-7-4-5-9-15(14)18/h4-10,12,19H,1-3H3. The van der Waals surface area contributed by atoms with E-state index in [0.717, 1.165) is 21.8 Å². The van der Waals surface area contributed by atoms with Crippen LogP contribution in [0, 0.1) is 6.92 Å². The average Bonchev–Trinajstić information content (AvgIpc) is 2.49. The maximum Gasteiger partial charge on any atom is 0.338 e. The zero-order valence-electron chi connectivity index (χ0n) is 12.3.